The summed E-state index contributed by atoms with van der Waals surface area (Å²) in [5, 5.41) is 6.19. The lowest BCUT2D eigenvalue weighted by Crippen LogP contribution is -2.37. The third-order valence-corrected chi connectivity index (χ3v) is 5.80. The van der Waals surface area contributed by atoms with Gasteiger partial charge in [-0.25, -0.2) is 8.42 Å². The zero-order chi connectivity index (χ0) is 18.6. The van der Waals surface area contributed by atoms with Crippen molar-refractivity contribution in [3.05, 3.63) is 59.7 Å². The van der Waals surface area contributed by atoms with E-state index < -0.39 is 10.0 Å². The highest BCUT2D eigenvalue weighted by molar-refractivity contribution is 7.92. The molecule has 0 radical (unpaired) electrons. The van der Waals surface area contributed by atoms with E-state index in [9.17, 15) is 13.2 Å². The number of halogens is 1. The molecule has 0 bridgehead atoms. The molecule has 1 saturated heterocycles. The second-order valence-electron chi connectivity index (χ2n) is 6.47. The van der Waals surface area contributed by atoms with Gasteiger partial charge in [-0.3, -0.25) is 9.52 Å². The van der Waals surface area contributed by atoms with Crippen LogP contribution in [-0.2, 0) is 10.0 Å². The maximum absolute atomic E-state index is 12.6. The van der Waals surface area contributed by atoms with Gasteiger partial charge in [0.15, 0.2) is 0 Å². The van der Waals surface area contributed by atoms with Crippen LogP contribution in [0.5, 0.6) is 0 Å². The lowest BCUT2D eigenvalue weighted by molar-refractivity contribution is 0.0951. The van der Waals surface area contributed by atoms with Gasteiger partial charge >= 0.3 is 0 Å². The Morgan fingerprint density at radius 2 is 1.85 bits per heavy atom. The van der Waals surface area contributed by atoms with Crippen molar-refractivity contribution in [1.29, 1.82) is 0 Å². The van der Waals surface area contributed by atoms with Crippen molar-refractivity contribution in [2.45, 2.75) is 30.7 Å². The van der Waals surface area contributed by atoms with E-state index in [1.165, 1.54) is 0 Å². The molecule has 1 atom stereocenters. The Morgan fingerprint density at radius 3 is 2.52 bits per heavy atom. The summed E-state index contributed by atoms with van der Waals surface area (Å²) in [5.41, 5.74) is 1.55. The number of carbonyl (C=O) groups excluding carboxylic acids is 1. The molecular weight excluding hydrogens is 386 g/mol. The third kappa shape index (κ3) is 5.45. The van der Waals surface area contributed by atoms with E-state index in [-0.39, 0.29) is 34.9 Å². The first-order chi connectivity index (χ1) is 12.5. The van der Waals surface area contributed by atoms with Gasteiger partial charge in [-0.1, -0.05) is 29.8 Å². The van der Waals surface area contributed by atoms with E-state index >= 15 is 0 Å². The van der Waals surface area contributed by atoms with Crippen molar-refractivity contribution in [3.8, 4) is 0 Å². The summed E-state index contributed by atoms with van der Waals surface area (Å²) in [6.07, 6.45) is 2.13. The quantitative estimate of drug-likeness (QED) is 0.684. The van der Waals surface area contributed by atoms with Gasteiger partial charge in [-0.2, -0.15) is 0 Å². The second-order valence-corrected chi connectivity index (χ2v) is 8.15. The van der Waals surface area contributed by atoms with E-state index in [1.807, 2.05) is 6.92 Å². The van der Waals surface area contributed by atoms with Crippen molar-refractivity contribution in [2.75, 3.05) is 17.8 Å². The number of rotatable bonds is 6. The summed E-state index contributed by atoms with van der Waals surface area (Å²) in [6, 6.07) is 13.5. The number of hydrogen-bond donors (Lipinski definition) is 3. The standard InChI is InChI=1S/C19H23N3O3S.ClH/c1-14-8-10-16(11-9-14)26(24,25)22-18-7-3-2-6-17(18)19(23)21-13-15-5-4-12-20-15;/h2-3,6-11,15,20,22H,4-5,12-13H2,1H3,(H,21,23);1H. The van der Waals surface area contributed by atoms with Crippen molar-refractivity contribution >= 4 is 34.0 Å². The second kappa shape index (κ2) is 9.21. The van der Waals surface area contributed by atoms with Crippen LogP contribution in [0.25, 0.3) is 0 Å². The topological polar surface area (TPSA) is 87.3 Å². The number of nitrogens with one attached hydrogen (secondary N) is 3. The molecule has 0 aromatic heterocycles. The predicted molar refractivity (Wildman–Crippen MR) is 109 cm³/mol. The largest absolute Gasteiger partial charge is 0.350 e. The summed E-state index contributed by atoms with van der Waals surface area (Å²) in [6.45, 7) is 3.38. The molecule has 1 unspecified atom stereocenters. The molecule has 2 aromatic rings. The number of anilines is 1. The highest BCUT2D eigenvalue weighted by atomic mass is 35.5. The molecule has 0 spiro atoms. The lowest BCUT2D eigenvalue weighted by Gasteiger charge is -2.15. The van der Waals surface area contributed by atoms with Gasteiger partial charge < -0.3 is 10.6 Å². The summed E-state index contributed by atoms with van der Waals surface area (Å²) in [7, 11) is -3.76. The van der Waals surface area contributed by atoms with Gasteiger partial charge in [0.05, 0.1) is 16.1 Å². The minimum atomic E-state index is -3.76. The minimum Gasteiger partial charge on any atom is -0.350 e. The first-order valence-electron chi connectivity index (χ1n) is 8.66. The fourth-order valence-electron chi connectivity index (χ4n) is 2.93. The Labute approximate surface area is 166 Å². The SMILES string of the molecule is Cc1ccc(S(=O)(=O)Nc2ccccc2C(=O)NCC2CCCN2)cc1.Cl. The molecule has 0 saturated carbocycles. The number of sulfonamides is 1. The molecule has 6 nitrogen and oxygen atoms in total. The molecule has 27 heavy (non-hydrogen) atoms. The van der Waals surface area contributed by atoms with Crippen molar-refractivity contribution in [1.82, 2.24) is 10.6 Å². The summed E-state index contributed by atoms with van der Waals surface area (Å²) < 4.78 is 27.7. The van der Waals surface area contributed by atoms with E-state index in [1.54, 1.807) is 48.5 Å². The number of para-hydroxylation sites is 1. The number of benzene rings is 2. The number of aryl methyl sites for hydroxylation is 1. The molecule has 1 fully saturated rings. The Bertz CT molecular complexity index is 879. The maximum atomic E-state index is 12.6. The Kier molecular flexibility index (Phi) is 7.24. The van der Waals surface area contributed by atoms with Crippen LogP contribution in [0.2, 0.25) is 0 Å². The molecule has 1 aliphatic heterocycles. The molecule has 0 aliphatic carbocycles. The predicted octanol–water partition coefficient (Wildman–Crippen LogP) is 2.70. The van der Waals surface area contributed by atoms with Crippen LogP contribution in [0.1, 0.15) is 28.8 Å². The van der Waals surface area contributed by atoms with Gasteiger partial charge in [-0.05, 0) is 50.6 Å². The Morgan fingerprint density at radius 1 is 1.15 bits per heavy atom. The van der Waals surface area contributed by atoms with Gasteiger partial charge in [0, 0.05) is 12.6 Å². The molecule has 146 valence electrons. The van der Waals surface area contributed by atoms with E-state index in [0.29, 0.717) is 12.1 Å². The highest BCUT2D eigenvalue weighted by Crippen LogP contribution is 2.20. The zero-order valence-corrected chi connectivity index (χ0v) is 16.7. The molecule has 8 heteroatoms. The molecule has 1 heterocycles. The van der Waals surface area contributed by atoms with Gasteiger partial charge in [0.1, 0.15) is 0 Å². The first kappa shape index (κ1) is 21.2. The van der Waals surface area contributed by atoms with Crippen LogP contribution >= 0.6 is 12.4 Å². The van der Waals surface area contributed by atoms with Crippen LogP contribution in [0.15, 0.2) is 53.4 Å². The third-order valence-electron chi connectivity index (χ3n) is 4.42. The van der Waals surface area contributed by atoms with Crippen molar-refractivity contribution in [2.24, 2.45) is 0 Å². The fraction of sp³-hybridized carbons (Fsp3) is 0.316. The average molecular weight is 410 g/mol. The number of amides is 1. The molecule has 1 amide bonds. The van der Waals surface area contributed by atoms with Crippen LogP contribution < -0.4 is 15.4 Å². The van der Waals surface area contributed by atoms with Crippen molar-refractivity contribution < 1.29 is 13.2 Å². The number of hydrogen-bond acceptors (Lipinski definition) is 4. The van der Waals surface area contributed by atoms with Crippen LogP contribution in [-0.4, -0.2) is 33.5 Å². The highest BCUT2D eigenvalue weighted by Gasteiger charge is 2.20. The monoisotopic (exact) mass is 409 g/mol. The molecule has 2 aromatic carbocycles. The fourth-order valence-corrected chi connectivity index (χ4v) is 4.01. The van der Waals surface area contributed by atoms with Crippen LogP contribution in [0.4, 0.5) is 5.69 Å². The lowest BCUT2D eigenvalue weighted by atomic mass is 10.1. The van der Waals surface area contributed by atoms with Crippen LogP contribution in [0, 0.1) is 6.92 Å². The van der Waals surface area contributed by atoms with Gasteiger partial charge in [0.2, 0.25) is 0 Å². The first-order valence-corrected chi connectivity index (χ1v) is 10.1. The van der Waals surface area contributed by atoms with E-state index in [0.717, 1.165) is 24.9 Å². The van der Waals surface area contributed by atoms with E-state index in [4.69, 9.17) is 0 Å². The average Bonchev–Trinajstić information content (AvgIpc) is 3.14. The van der Waals surface area contributed by atoms with Gasteiger partial charge in [0.25, 0.3) is 15.9 Å². The van der Waals surface area contributed by atoms with Crippen molar-refractivity contribution in [3.63, 3.8) is 0 Å². The minimum absolute atomic E-state index is 0. The van der Waals surface area contributed by atoms with E-state index in [2.05, 4.69) is 15.4 Å². The zero-order valence-electron chi connectivity index (χ0n) is 15.1. The molecular formula is C19H24ClN3O3S. The summed E-state index contributed by atoms with van der Waals surface area (Å²) in [4.78, 5) is 12.7. The molecule has 1 aliphatic rings. The normalized spacial score (nSPS) is 16.4. The molecule has 3 rings (SSSR count). The molecule has 3 N–H and O–H groups in total. The number of carbonyl (C=O) groups is 1. The van der Waals surface area contributed by atoms with Crippen LogP contribution in [0.3, 0.4) is 0 Å². The smallest absolute Gasteiger partial charge is 0.261 e. The Hall–Kier alpha value is -2.09. The maximum Gasteiger partial charge on any atom is 0.261 e. The Balaban J connectivity index is 0.00000261. The van der Waals surface area contributed by atoms with Gasteiger partial charge in [-0.15, -0.1) is 12.4 Å². The summed E-state index contributed by atoms with van der Waals surface area (Å²) in [5.74, 6) is -0.291. The summed E-state index contributed by atoms with van der Waals surface area (Å²) >= 11 is 0.